The zero-order valence-corrected chi connectivity index (χ0v) is 23.9. The minimum atomic E-state index is -0.739. The minimum absolute atomic E-state index is 0.0146. The van der Waals surface area contributed by atoms with Gasteiger partial charge >= 0.3 is 5.97 Å². The molecule has 0 N–H and O–H groups in total. The van der Waals surface area contributed by atoms with Crippen molar-refractivity contribution in [1.82, 2.24) is 0 Å². The second-order valence-electron chi connectivity index (χ2n) is 13.7. The Bertz CT molecular complexity index is 1100. The predicted octanol–water partition coefficient (Wildman–Crippen LogP) is 5.46. The van der Waals surface area contributed by atoms with Crippen LogP contribution < -0.4 is 0 Å². The third kappa shape index (κ3) is 3.83. The van der Waals surface area contributed by atoms with E-state index in [0.717, 1.165) is 17.6 Å². The first-order valence-corrected chi connectivity index (χ1v) is 14.0. The fourth-order valence-corrected chi connectivity index (χ4v) is 9.19. The van der Waals surface area contributed by atoms with Gasteiger partial charge in [-0.25, -0.2) is 0 Å². The molecule has 7 atom stereocenters. The van der Waals surface area contributed by atoms with Crippen molar-refractivity contribution < 1.29 is 28.7 Å². The first-order valence-electron chi connectivity index (χ1n) is 14.0. The van der Waals surface area contributed by atoms with Crippen LogP contribution in [0.3, 0.4) is 0 Å². The highest BCUT2D eigenvalue weighted by molar-refractivity contribution is 6.05. The second kappa shape index (κ2) is 8.98. The molecule has 0 saturated heterocycles. The lowest BCUT2D eigenvalue weighted by Gasteiger charge is -2.59. The van der Waals surface area contributed by atoms with Crippen LogP contribution in [-0.2, 0) is 28.7 Å². The molecule has 0 amide bonds. The highest BCUT2D eigenvalue weighted by Gasteiger charge is 2.68. The summed E-state index contributed by atoms with van der Waals surface area (Å²) in [4.78, 5) is 65.4. The summed E-state index contributed by atoms with van der Waals surface area (Å²) in [6.07, 6.45) is 3.68. The number of Topliss-reactive ketones (excluding diaryl/α,β-unsaturated/α-hetero) is 4. The van der Waals surface area contributed by atoms with E-state index in [1.165, 1.54) is 7.11 Å². The molecular formula is C31H44O6. The van der Waals surface area contributed by atoms with Gasteiger partial charge in [0.2, 0.25) is 0 Å². The van der Waals surface area contributed by atoms with Crippen LogP contribution in [-0.4, -0.2) is 36.2 Å². The summed E-state index contributed by atoms with van der Waals surface area (Å²) in [5, 5.41) is 0. The van der Waals surface area contributed by atoms with Crippen molar-refractivity contribution in [2.24, 2.45) is 45.3 Å². The maximum atomic E-state index is 14.0. The van der Waals surface area contributed by atoms with E-state index in [2.05, 4.69) is 13.8 Å². The van der Waals surface area contributed by atoms with Gasteiger partial charge in [0.1, 0.15) is 17.3 Å². The molecule has 0 spiro atoms. The minimum Gasteiger partial charge on any atom is -0.469 e. The molecule has 6 heteroatoms. The van der Waals surface area contributed by atoms with Crippen molar-refractivity contribution in [2.45, 2.75) is 99.8 Å². The van der Waals surface area contributed by atoms with E-state index in [-0.39, 0.29) is 53.7 Å². The Morgan fingerprint density at radius 2 is 1.62 bits per heavy atom. The zero-order valence-electron chi connectivity index (χ0n) is 23.9. The van der Waals surface area contributed by atoms with Crippen molar-refractivity contribution in [3.05, 3.63) is 11.1 Å². The summed E-state index contributed by atoms with van der Waals surface area (Å²) in [5.41, 5.74) is -0.314. The number of carbonyl (C=O) groups excluding carboxylic acids is 5. The summed E-state index contributed by atoms with van der Waals surface area (Å²) in [6.45, 7) is 14.1. The zero-order chi connectivity index (χ0) is 27.7. The summed E-state index contributed by atoms with van der Waals surface area (Å²) >= 11 is 0. The van der Waals surface area contributed by atoms with E-state index in [1.807, 2.05) is 27.7 Å². The van der Waals surface area contributed by atoms with Crippen molar-refractivity contribution in [1.29, 1.82) is 0 Å². The van der Waals surface area contributed by atoms with Gasteiger partial charge in [0.05, 0.1) is 18.4 Å². The van der Waals surface area contributed by atoms with Gasteiger partial charge in [0.15, 0.2) is 5.78 Å². The Balaban J connectivity index is 1.68. The molecule has 6 nitrogen and oxygen atoms in total. The number of hydrogen-bond donors (Lipinski definition) is 0. The third-order valence-electron chi connectivity index (χ3n) is 11.5. The number of ketones is 4. The first-order chi connectivity index (χ1) is 17.1. The Hall–Kier alpha value is -2.11. The molecular weight excluding hydrogens is 468 g/mol. The van der Waals surface area contributed by atoms with E-state index in [4.69, 9.17) is 4.74 Å². The lowest BCUT2D eigenvalue weighted by atomic mass is 9.43. The smallest absolute Gasteiger partial charge is 0.308 e. The average Bonchev–Trinajstić information content (AvgIpc) is 3.02. The van der Waals surface area contributed by atoms with E-state index in [1.54, 1.807) is 6.92 Å². The molecule has 0 aromatic carbocycles. The topological polar surface area (TPSA) is 94.6 Å². The number of fused-ring (bicyclic) bond motifs is 4. The Morgan fingerprint density at radius 3 is 2.24 bits per heavy atom. The first kappa shape index (κ1) is 27.9. The molecule has 0 heterocycles. The molecule has 2 saturated carbocycles. The van der Waals surface area contributed by atoms with E-state index < -0.39 is 33.5 Å². The maximum absolute atomic E-state index is 14.0. The number of methoxy groups -OCH3 is 1. The van der Waals surface area contributed by atoms with Gasteiger partial charge in [-0.15, -0.1) is 0 Å². The number of allylic oxidation sites excluding steroid dienone is 2. The van der Waals surface area contributed by atoms with Crippen LogP contribution in [0.25, 0.3) is 0 Å². The number of esters is 1. The largest absolute Gasteiger partial charge is 0.469 e. The van der Waals surface area contributed by atoms with Crippen LogP contribution in [0, 0.1) is 45.3 Å². The SMILES string of the molecule is COC(=O)C(C)CC(=O)C[C@@H](C)[C@H]1CC(=O)[C@@]2(C)C3=C(C(=O)C[C@]12C)[C@@]1(C)CCC(=O)C(C)(C)[C@@H]1CC3. The molecule has 37 heavy (non-hydrogen) atoms. The summed E-state index contributed by atoms with van der Waals surface area (Å²) in [5.74, 6) is -0.406. The summed E-state index contributed by atoms with van der Waals surface area (Å²) < 4.78 is 4.76. The lowest BCUT2D eigenvalue weighted by molar-refractivity contribution is -0.146. The van der Waals surface area contributed by atoms with E-state index in [0.29, 0.717) is 32.1 Å². The monoisotopic (exact) mass is 512 g/mol. The van der Waals surface area contributed by atoms with Gasteiger partial charge in [0.25, 0.3) is 0 Å². The fraction of sp³-hybridized carbons (Fsp3) is 0.774. The molecule has 0 aromatic heterocycles. The molecule has 0 aromatic rings. The molecule has 2 fully saturated rings. The van der Waals surface area contributed by atoms with Crippen molar-refractivity contribution in [3.8, 4) is 0 Å². The highest BCUT2D eigenvalue weighted by Crippen LogP contribution is 2.70. The van der Waals surface area contributed by atoms with Crippen molar-refractivity contribution >= 4 is 29.1 Å². The van der Waals surface area contributed by atoms with E-state index >= 15 is 0 Å². The van der Waals surface area contributed by atoms with Crippen LogP contribution in [0.5, 0.6) is 0 Å². The molecule has 204 valence electrons. The lowest BCUT2D eigenvalue weighted by Crippen LogP contribution is -2.57. The second-order valence-corrected chi connectivity index (χ2v) is 13.7. The van der Waals surface area contributed by atoms with Gasteiger partial charge in [-0.1, -0.05) is 41.5 Å². The number of ether oxygens (including phenoxy) is 1. The summed E-state index contributed by atoms with van der Waals surface area (Å²) in [7, 11) is 1.32. The van der Waals surface area contributed by atoms with Gasteiger partial charge in [-0.2, -0.15) is 0 Å². The molecule has 0 bridgehead atoms. The molecule has 0 aliphatic heterocycles. The molecule has 4 rings (SSSR count). The molecule has 4 aliphatic rings. The van der Waals surface area contributed by atoms with Gasteiger partial charge in [0, 0.05) is 48.5 Å². The number of carbonyl (C=O) groups is 5. The Labute approximate surface area is 221 Å². The van der Waals surface area contributed by atoms with Gasteiger partial charge < -0.3 is 4.74 Å². The highest BCUT2D eigenvalue weighted by atomic mass is 16.5. The van der Waals surface area contributed by atoms with Crippen LogP contribution in [0.15, 0.2) is 11.1 Å². The Kier molecular flexibility index (Phi) is 6.78. The molecule has 0 radical (unpaired) electrons. The quantitative estimate of drug-likeness (QED) is 0.439. The predicted molar refractivity (Wildman–Crippen MR) is 139 cm³/mol. The van der Waals surface area contributed by atoms with Crippen molar-refractivity contribution in [2.75, 3.05) is 7.11 Å². The van der Waals surface area contributed by atoms with Crippen LogP contribution in [0.1, 0.15) is 99.8 Å². The standard InChI is InChI=1S/C31H44O6/c1-17(13-19(32)14-18(2)27(36)37-8)21-15-25(35)31(7)20-9-10-23-28(3,4)24(34)11-12-29(23,5)26(20)22(33)16-30(21,31)6/h17-18,21,23H,9-16H2,1-8H3/t17-,18?,21-,23+,29+,30-,31-/m1/s1. The third-order valence-corrected chi connectivity index (χ3v) is 11.5. The van der Waals surface area contributed by atoms with Gasteiger partial charge in [-0.05, 0) is 54.9 Å². The van der Waals surface area contributed by atoms with Crippen molar-refractivity contribution in [3.63, 3.8) is 0 Å². The Morgan fingerprint density at radius 1 is 0.973 bits per heavy atom. The number of rotatable bonds is 6. The van der Waals surface area contributed by atoms with Crippen LogP contribution >= 0.6 is 0 Å². The normalized spacial score (nSPS) is 38.4. The maximum Gasteiger partial charge on any atom is 0.308 e. The average molecular weight is 513 g/mol. The van der Waals surface area contributed by atoms with Crippen LogP contribution in [0.2, 0.25) is 0 Å². The van der Waals surface area contributed by atoms with E-state index in [9.17, 15) is 24.0 Å². The molecule has 1 unspecified atom stereocenters. The number of hydrogen-bond acceptors (Lipinski definition) is 6. The van der Waals surface area contributed by atoms with Gasteiger partial charge in [-0.3, -0.25) is 24.0 Å². The summed E-state index contributed by atoms with van der Waals surface area (Å²) in [6, 6.07) is 0. The molecule has 4 aliphatic carbocycles. The van der Waals surface area contributed by atoms with Crippen LogP contribution in [0.4, 0.5) is 0 Å². The fourth-order valence-electron chi connectivity index (χ4n) is 9.19.